The second kappa shape index (κ2) is 12.9. The minimum Gasteiger partial charge on any atom is -0.287 e. The zero-order valence-corrected chi connectivity index (χ0v) is 25.0. The molecule has 5 heteroatoms. The first-order valence-electron chi connectivity index (χ1n) is 14.0. The Hall–Kier alpha value is -1.71. The van der Waals surface area contributed by atoms with Crippen molar-refractivity contribution in [2.24, 2.45) is 0 Å². The van der Waals surface area contributed by atoms with Gasteiger partial charge in [0.05, 0.1) is 19.8 Å². The summed E-state index contributed by atoms with van der Waals surface area (Å²) in [5, 5.41) is 0. The van der Waals surface area contributed by atoms with E-state index >= 15 is 0 Å². The van der Waals surface area contributed by atoms with E-state index in [0.717, 1.165) is 36.8 Å². The smallest absolute Gasteiger partial charge is 0.287 e. The summed E-state index contributed by atoms with van der Waals surface area (Å²) < 4.78 is 29.8. The average Bonchev–Trinajstić information content (AvgIpc) is 2.87. The van der Waals surface area contributed by atoms with Crippen LogP contribution in [0.1, 0.15) is 115 Å². The first kappa shape index (κ1) is 29.8. The fourth-order valence-electron chi connectivity index (χ4n) is 4.78. The molecule has 37 heavy (non-hydrogen) atoms. The van der Waals surface area contributed by atoms with Gasteiger partial charge in [-0.2, -0.15) is 0 Å². The Balaban J connectivity index is 1.70. The molecule has 1 aliphatic carbocycles. The molecular weight excluding hydrogens is 479 g/mol. The Bertz CT molecular complexity index is 1080. The number of hydrogen-bond acceptors (Lipinski definition) is 4. The molecule has 0 atom stereocenters. The first-order valence-corrected chi connectivity index (χ1v) is 15.4. The van der Waals surface area contributed by atoms with E-state index in [2.05, 4.69) is 84.9 Å². The molecule has 0 amide bonds. The van der Waals surface area contributed by atoms with Crippen LogP contribution in [-0.2, 0) is 35.6 Å². The Morgan fingerprint density at radius 1 is 0.838 bits per heavy atom. The Labute approximate surface area is 225 Å². The highest BCUT2D eigenvalue weighted by atomic mass is 31.2. The molecular formula is C32H47O4P. The van der Waals surface area contributed by atoms with Crippen molar-refractivity contribution < 1.29 is 18.1 Å². The van der Waals surface area contributed by atoms with Gasteiger partial charge in [-0.3, -0.25) is 13.6 Å². The third kappa shape index (κ3) is 8.14. The number of rotatable bonds is 13. The molecule has 0 radical (unpaired) electrons. The zero-order valence-electron chi connectivity index (χ0n) is 24.1. The fraction of sp³-hybridized carbons (Fsp3) is 0.562. The lowest BCUT2D eigenvalue weighted by molar-refractivity contribution is 0.106. The molecule has 0 aromatic heterocycles. The van der Waals surface area contributed by atoms with Crippen molar-refractivity contribution in [2.45, 2.75) is 104 Å². The van der Waals surface area contributed by atoms with Gasteiger partial charge in [0, 0.05) is 0 Å². The van der Waals surface area contributed by atoms with Gasteiger partial charge in [-0.15, -0.1) is 0 Å². The lowest BCUT2D eigenvalue weighted by Crippen LogP contribution is -2.33. The summed E-state index contributed by atoms with van der Waals surface area (Å²) in [6, 6.07) is 15.2. The molecule has 0 unspecified atom stereocenters. The van der Waals surface area contributed by atoms with Crippen LogP contribution in [-0.4, -0.2) is 13.2 Å². The number of phosphoric acid groups is 1. The van der Waals surface area contributed by atoms with Crippen LogP contribution in [0.15, 0.2) is 42.5 Å². The van der Waals surface area contributed by atoms with Gasteiger partial charge in [-0.1, -0.05) is 103 Å². The Morgan fingerprint density at radius 3 is 1.97 bits per heavy atom. The largest absolute Gasteiger partial charge is 0.475 e. The summed E-state index contributed by atoms with van der Waals surface area (Å²) in [6.07, 6.45) is 8.23. The monoisotopic (exact) mass is 526 g/mol. The maximum absolute atomic E-state index is 13.0. The minimum absolute atomic E-state index is 0.189. The summed E-state index contributed by atoms with van der Waals surface area (Å²) in [5.74, 6) is 0. The topological polar surface area (TPSA) is 44.8 Å². The van der Waals surface area contributed by atoms with E-state index in [1.807, 2.05) is 12.1 Å². The molecule has 0 spiro atoms. The van der Waals surface area contributed by atoms with Crippen molar-refractivity contribution >= 4 is 19.5 Å². The van der Waals surface area contributed by atoms with E-state index in [9.17, 15) is 4.57 Å². The lowest BCUT2D eigenvalue weighted by atomic mass is 9.63. The predicted octanol–water partition coefficient (Wildman–Crippen LogP) is 9.85. The highest BCUT2D eigenvalue weighted by molar-refractivity contribution is 7.48. The molecule has 2 aromatic carbocycles. The summed E-state index contributed by atoms with van der Waals surface area (Å²) in [5.41, 5.74) is 7.96. The van der Waals surface area contributed by atoms with E-state index < -0.39 is 7.82 Å². The average molecular weight is 527 g/mol. The van der Waals surface area contributed by atoms with Crippen LogP contribution in [0.2, 0.25) is 0 Å². The summed E-state index contributed by atoms with van der Waals surface area (Å²) in [4.78, 5) is 0. The number of benzene rings is 2. The summed E-state index contributed by atoms with van der Waals surface area (Å²) in [6.45, 7) is 16.7. The molecule has 3 rings (SSSR count). The maximum atomic E-state index is 13.0. The lowest BCUT2D eigenvalue weighted by Gasteiger charge is -2.42. The van der Waals surface area contributed by atoms with Crippen molar-refractivity contribution in [1.82, 2.24) is 0 Å². The van der Waals surface area contributed by atoms with Crippen LogP contribution in [0, 0.1) is 0 Å². The van der Waals surface area contributed by atoms with Gasteiger partial charge < -0.3 is 0 Å². The van der Waals surface area contributed by atoms with Crippen LogP contribution in [0.3, 0.4) is 0 Å². The maximum Gasteiger partial charge on any atom is 0.475 e. The number of phosphoric ester groups is 1. The molecule has 4 nitrogen and oxygen atoms in total. The van der Waals surface area contributed by atoms with Crippen LogP contribution >= 0.6 is 7.82 Å². The van der Waals surface area contributed by atoms with Crippen LogP contribution in [0.4, 0.5) is 0 Å². The van der Waals surface area contributed by atoms with Crippen LogP contribution in [0.25, 0.3) is 11.6 Å². The second-order valence-electron chi connectivity index (χ2n) is 11.7. The molecule has 0 saturated heterocycles. The van der Waals surface area contributed by atoms with Crippen molar-refractivity contribution in [1.29, 1.82) is 0 Å². The molecule has 2 aromatic rings. The fourth-order valence-corrected chi connectivity index (χ4v) is 6.02. The van der Waals surface area contributed by atoms with E-state index in [0.29, 0.717) is 13.2 Å². The molecule has 0 heterocycles. The van der Waals surface area contributed by atoms with Crippen LogP contribution < -0.4 is 0 Å². The van der Waals surface area contributed by atoms with E-state index in [-0.39, 0.29) is 17.4 Å². The normalized spacial score (nSPS) is 17.0. The third-order valence-corrected chi connectivity index (χ3v) is 9.00. The molecule has 0 saturated carbocycles. The van der Waals surface area contributed by atoms with Crippen LogP contribution in [0.5, 0.6) is 0 Å². The van der Waals surface area contributed by atoms with Gasteiger partial charge >= 0.3 is 7.82 Å². The van der Waals surface area contributed by atoms with Gasteiger partial charge in [0.1, 0.15) is 0 Å². The second-order valence-corrected chi connectivity index (χ2v) is 13.4. The molecule has 204 valence electrons. The van der Waals surface area contributed by atoms with E-state index in [1.165, 1.54) is 35.1 Å². The van der Waals surface area contributed by atoms with Gasteiger partial charge in [0.15, 0.2) is 0 Å². The zero-order chi connectivity index (χ0) is 27.1. The summed E-state index contributed by atoms with van der Waals surface area (Å²) in [7, 11) is -3.56. The third-order valence-electron chi connectivity index (χ3n) is 7.55. The summed E-state index contributed by atoms with van der Waals surface area (Å²) >= 11 is 0. The number of allylic oxidation sites excluding steroid dienone is 1. The minimum atomic E-state index is -3.56. The van der Waals surface area contributed by atoms with Gasteiger partial charge in [-0.25, -0.2) is 4.57 Å². The Morgan fingerprint density at radius 2 is 1.41 bits per heavy atom. The standard InChI is InChI=1S/C32H47O4P/c1-8-10-20-34-37(33,35-21-11-9-2)36-24-27-14-12-26(13-15-27)22-25(3)28-16-17-29-30(23-28)32(6,7)19-18-31(29,4)5/h12-17,22-23H,8-11,18-21,24H2,1-7H3. The molecule has 0 bridgehead atoms. The number of fused-ring (bicyclic) bond motifs is 1. The molecule has 0 fully saturated rings. The molecule has 0 N–H and O–H groups in total. The van der Waals surface area contributed by atoms with E-state index in [4.69, 9.17) is 13.6 Å². The van der Waals surface area contributed by atoms with Gasteiger partial charge in [-0.05, 0) is 76.8 Å². The molecule has 1 aliphatic rings. The number of hydrogen-bond donors (Lipinski definition) is 0. The Kier molecular flexibility index (Phi) is 10.4. The SMILES string of the molecule is CCCCOP(=O)(OCCCC)OCc1ccc(C=C(C)c2ccc3c(c2)C(C)(C)CCC3(C)C)cc1. The highest BCUT2D eigenvalue weighted by Crippen LogP contribution is 2.50. The van der Waals surface area contributed by atoms with Gasteiger partial charge in [0.2, 0.25) is 0 Å². The van der Waals surface area contributed by atoms with E-state index in [1.54, 1.807) is 0 Å². The van der Waals surface area contributed by atoms with Crippen molar-refractivity contribution in [2.75, 3.05) is 13.2 Å². The quantitative estimate of drug-likeness (QED) is 0.148. The predicted molar refractivity (Wildman–Crippen MR) is 156 cm³/mol. The highest BCUT2D eigenvalue weighted by Gasteiger charge is 2.37. The van der Waals surface area contributed by atoms with Gasteiger partial charge in [0.25, 0.3) is 0 Å². The number of unbranched alkanes of at least 4 members (excludes halogenated alkanes) is 2. The molecule has 0 aliphatic heterocycles. The van der Waals surface area contributed by atoms with Crippen molar-refractivity contribution in [3.05, 3.63) is 70.3 Å². The van der Waals surface area contributed by atoms with Crippen molar-refractivity contribution in [3.8, 4) is 0 Å². The van der Waals surface area contributed by atoms with Crippen molar-refractivity contribution in [3.63, 3.8) is 0 Å². The first-order chi connectivity index (χ1) is 17.5.